The highest BCUT2D eigenvalue weighted by atomic mass is 35.5. The zero-order valence-corrected chi connectivity index (χ0v) is 9.19. The van der Waals surface area contributed by atoms with Crippen molar-refractivity contribution in [2.24, 2.45) is 0 Å². The van der Waals surface area contributed by atoms with Gasteiger partial charge >= 0.3 is 0 Å². The molecule has 0 atom stereocenters. The Balaban J connectivity index is 2.49. The minimum Gasteiger partial charge on any atom is -0.490 e. The highest BCUT2D eigenvalue weighted by Gasteiger charge is 2.17. The van der Waals surface area contributed by atoms with Gasteiger partial charge in [-0.2, -0.15) is 0 Å². The van der Waals surface area contributed by atoms with Crippen LogP contribution in [-0.2, 0) is 0 Å². The smallest absolute Gasteiger partial charge is 0.144 e. The third kappa shape index (κ3) is 1.55. The Morgan fingerprint density at radius 1 is 1.43 bits per heavy atom. The van der Waals surface area contributed by atoms with E-state index in [4.69, 9.17) is 16.3 Å². The molecule has 0 aromatic heterocycles. The number of halogens is 1. The van der Waals surface area contributed by atoms with Gasteiger partial charge in [0.05, 0.1) is 10.7 Å². The molecule has 0 saturated carbocycles. The maximum atomic E-state index is 6.28. The van der Waals surface area contributed by atoms with Crippen LogP contribution < -0.4 is 10.1 Å². The van der Waals surface area contributed by atoms with Gasteiger partial charge in [0.1, 0.15) is 12.4 Å². The molecule has 3 heteroatoms. The SMILES string of the molecule is CC(C)c1ccc2c(c1Cl)NCCO2. The first kappa shape index (κ1) is 9.66. The molecular formula is C11H14ClNO. The molecule has 1 heterocycles. The molecule has 0 bridgehead atoms. The van der Waals surface area contributed by atoms with Crippen molar-refractivity contribution >= 4 is 17.3 Å². The van der Waals surface area contributed by atoms with Crippen molar-refractivity contribution in [3.63, 3.8) is 0 Å². The van der Waals surface area contributed by atoms with Crippen LogP contribution in [-0.4, -0.2) is 13.2 Å². The standard InChI is InChI=1S/C11H14ClNO/c1-7(2)8-3-4-9-11(10(8)12)13-5-6-14-9/h3-4,7,13H,5-6H2,1-2H3. The van der Waals surface area contributed by atoms with Crippen LogP contribution in [0.25, 0.3) is 0 Å². The lowest BCUT2D eigenvalue weighted by Gasteiger charge is -2.22. The van der Waals surface area contributed by atoms with Crippen LogP contribution in [0, 0.1) is 0 Å². The minimum absolute atomic E-state index is 0.441. The van der Waals surface area contributed by atoms with Crippen LogP contribution in [0.5, 0.6) is 5.75 Å². The number of hydrogen-bond donors (Lipinski definition) is 1. The quantitative estimate of drug-likeness (QED) is 0.770. The van der Waals surface area contributed by atoms with E-state index < -0.39 is 0 Å². The summed E-state index contributed by atoms with van der Waals surface area (Å²) in [5.41, 5.74) is 2.12. The maximum Gasteiger partial charge on any atom is 0.144 e. The predicted molar refractivity (Wildman–Crippen MR) is 59.5 cm³/mol. The van der Waals surface area contributed by atoms with Gasteiger partial charge in [0.2, 0.25) is 0 Å². The Bertz CT molecular complexity index is 349. The van der Waals surface area contributed by atoms with Gasteiger partial charge in [-0.15, -0.1) is 0 Å². The van der Waals surface area contributed by atoms with E-state index in [0.717, 1.165) is 23.0 Å². The number of benzene rings is 1. The average molecular weight is 212 g/mol. The highest BCUT2D eigenvalue weighted by molar-refractivity contribution is 6.34. The number of rotatable bonds is 1. The molecule has 0 aliphatic carbocycles. The number of anilines is 1. The summed E-state index contributed by atoms with van der Waals surface area (Å²) in [6.45, 7) is 5.81. The largest absolute Gasteiger partial charge is 0.490 e. The summed E-state index contributed by atoms with van der Waals surface area (Å²) in [7, 11) is 0. The molecule has 1 aliphatic heterocycles. The first-order valence-corrected chi connectivity index (χ1v) is 5.27. The molecule has 76 valence electrons. The molecule has 0 amide bonds. The molecule has 1 aromatic rings. The number of fused-ring (bicyclic) bond motifs is 1. The Labute approximate surface area is 89.2 Å². The second kappa shape index (κ2) is 3.70. The van der Waals surface area contributed by atoms with Gasteiger partial charge in [-0.25, -0.2) is 0 Å². The predicted octanol–water partition coefficient (Wildman–Crippen LogP) is 3.27. The molecule has 1 aromatic carbocycles. The lowest BCUT2D eigenvalue weighted by molar-refractivity contribution is 0.323. The van der Waals surface area contributed by atoms with E-state index in [1.165, 1.54) is 5.56 Å². The highest BCUT2D eigenvalue weighted by Crippen LogP contribution is 2.39. The van der Waals surface area contributed by atoms with E-state index in [9.17, 15) is 0 Å². The lowest BCUT2D eigenvalue weighted by atomic mass is 10.0. The van der Waals surface area contributed by atoms with Gasteiger partial charge in [-0.1, -0.05) is 31.5 Å². The third-order valence-corrected chi connectivity index (χ3v) is 2.82. The van der Waals surface area contributed by atoms with Crippen molar-refractivity contribution in [1.29, 1.82) is 0 Å². The molecule has 0 unspecified atom stereocenters. The molecular weight excluding hydrogens is 198 g/mol. The summed E-state index contributed by atoms with van der Waals surface area (Å²) in [6.07, 6.45) is 0. The Hall–Kier alpha value is -0.890. The van der Waals surface area contributed by atoms with Gasteiger partial charge < -0.3 is 10.1 Å². The van der Waals surface area contributed by atoms with E-state index in [2.05, 4.69) is 19.2 Å². The molecule has 0 radical (unpaired) electrons. The monoisotopic (exact) mass is 211 g/mol. The van der Waals surface area contributed by atoms with Gasteiger partial charge in [0, 0.05) is 6.54 Å². The fourth-order valence-corrected chi connectivity index (χ4v) is 2.08. The normalized spacial score (nSPS) is 14.6. The molecule has 14 heavy (non-hydrogen) atoms. The van der Waals surface area contributed by atoms with Gasteiger partial charge in [-0.05, 0) is 17.5 Å². The van der Waals surface area contributed by atoms with Crippen LogP contribution >= 0.6 is 11.6 Å². The first-order chi connectivity index (χ1) is 6.70. The fourth-order valence-electron chi connectivity index (χ4n) is 1.64. The van der Waals surface area contributed by atoms with Gasteiger partial charge in [0.25, 0.3) is 0 Å². The summed E-state index contributed by atoms with van der Waals surface area (Å²) >= 11 is 6.28. The summed E-state index contributed by atoms with van der Waals surface area (Å²) in [4.78, 5) is 0. The fraction of sp³-hybridized carbons (Fsp3) is 0.455. The third-order valence-electron chi connectivity index (χ3n) is 2.42. The Kier molecular flexibility index (Phi) is 2.55. The van der Waals surface area contributed by atoms with Crippen LogP contribution in [0.15, 0.2) is 12.1 Å². The topological polar surface area (TPSA) is 21.3 Å². The van der Waals surface area contributed by atoms with Crippen molar-refractivity contribution in [1.82, 2.24) is 0 Å². The van der Waals surface area contributed by atoms with E-state index in [0.29, 0.717) is 12.5 Å². The van der Waals surface area contributed by atoms with Crippen molar-refractivity contribution in [2.75, 3.05) is 18.5 Å². The summed E-state index contributed by atoms with van der Waals surface area (Å²) < 4.78 is 5.49. The van der Waals surface area contributed by atoms with Crippen LogP contribution in [0.3, 0.4) is 0 Å². The summed E-state index contributed by atoms with van der Waals surface area (Å²) in [6, 6.07) is 4.03. The zero-order valence-electron chi connectivity index (χ0n) is 8.43. The van der Waals surface area contributed by atoms with Crippen molar-refractivity contribution in [3.8, 4) is 5.75 Å². The summed E-state index contributed by atoms with van der Waals surface area (Å²) in [5, 5.41) is 4.07. The average Bonchev–Trinajstić information content (AvgIpc) is 2.18. The van der Waals surface area contributed by atoms with Crippen molar-refractivity contribution in [3.05, 3.63) is 22.7 Å². The zero-order chi connectivity index (χ0) is 10.1. The number of ether oxygens (including phenoxy) is 1. The van der Waals surface area contributed by atoms with Gasteiger partial charge in [0.15, 0.2) is 0 Å². The molecule has 1 aliphatic rings. The molecule has 1 N–H and O–H groups in total. The second-order valence-electron chi connectivity index (χ2n) is 3.77. The van der Waals surface area contributed by atoms with Crippen LogP contribution in [0.2, 0.25) is 5.02 Å². The van der Waals surface area contributed by atoms with E-state index >= 15 is 0 Å². The molecule has 0 fully saturated rings. The van der Waals surface area contributed by atoms with Crippen molar-refractivity contribution in [2.45, 2.75) is 19.8 Å². The van der Waals surface area contributed by atoms with Crippen LogP contribution in [0.1, 0.15) is 25.3 Å². The number of nitrogens with one attached hydrogen (secondary N) is 1. The van der Waals surface area contributed by atoms with Gasteiger partial charge in [-0.3, -0.25) is 0 Å². The molecule has 2 rings (SSSR count). The molecule has 0 spiro atoms. The minimum atomic E-state index is 0.441. The molecule has 2 nitrogen and oxygen atoms in total. The molecule has 0 saturated heterocycles. The van der Waals surface area contributed by atoms with Crippen molar-refractivity contribution < 1.29 is 4.74 Å². The Morgan fingerprint density at radius 2 is 2.21 bits per heavy atom. The van der Waals surface area contributed by atoms with E-state index in [1.54, 1.807) is 0 Å². The van der Waals surface area contributed by atoms with E-state index in [1.807, 2.05) is 12.1 Å². The lowest BCUT2D eigenvalue weighted by Crippen LogP contribution is -2.18. The maximum absolute atomic E-state index is 6.28. The summed E-state index contributed by atoms with van der Waals surface area (Å²) in [5.74, 6) is 1.31. The Morgan fingerprint density at radius 3 is 2.93 bits per heavy atom. The first-order valence-electron chi connectivity index (χ1n) is 4.89. The number of hydrogen-bond acceptors (Lipinski definition) is 2. The van der Waals surface area contributed by atoms with E-state index in [-0.39, 0.29) is 0 Å². The van der Waals surface area contributed by atoms with Crippen LogP contribution in [0.4, 0.5) is 5.69 Å². The second-order valence-corrected chi connectivity index (χ2v) is 4.15.